The monoisotopic (exact) mass is 343 g/mol. The Bertz CT molecular complexity index is 707. The lowest BCUT2D eigenvalue weighted by atomic mass is 10.2. The average Bonchev–Trinajstić information content (AvgIpc) is 3.19. The molecule has 0 spiro atoms. The average molecular weight is 343 g/mol. The van der Waals surface area contributed by atoms with Gasteiger partial charge in [0.15, 0.2) is 0 Å². The highest BCUT2D eigenvalue weighted by Crippen LogP contribution is 2.21. The summed E-state index contributed by atoms with van der Waals surface area (Å²) >= 11 is 1.52. The van der Waals surface area contributed by atoms with Crippen LogP contribution in [0.2, 0.25) is 0 Å². The number of nitrogens with zero attached hydrogens (tertiary/aromatic N) is 5. The second-order valence-corrected chi connectivity index (χ2v) is 7.94. The van der Waals surface area contributed by atoms with Crippen molar-refractivity contribution in [1.82, 2.24) is 24.5 Å². The Labute approximate surface area is 132 Å². The van der Waals surface area contributed by atoms with Gasteiger partial charge in [-0.05, 0) is 29.5 Å². The molecule has 1 unspecified atom stereocenters. The number of thiophene rings is 1. The van der Waals surface area contributed by atoms with Gasteiger partial charge in [-0.1, -0.05) is 11.2 Å². The van der Waals surface area contributed by atoms with Gasteiger partial charge in [0.05, 0.1) is 13.2 Å². The van der Waals surface area contributed by atoms with E-state index >= 15 is 0 Å². The van der Waals surface area contributed by atoms with Crippen molar-refractivity contribution < 1.29 is 13.2 Å². The van der Waals surface area contributed by atoms with Crippen molar-refractivity contribution in [3.05, 3.63) is 22.4 Å². The Morgan fingerprint density at radius 3 is 3.00 bits per heavy atom. The van der Waals surface area contributed by atoms with E-state index in [0.717, 1.165) is 22.5 Å². The molecule has 1 aliphatic heterocycles. The van der Waals surface area contributed by atoms with Crippen LogP contribution in [0.3, 0.4) is 0 Å². The molecule has 8 nitrogen and oxygen atoms in total. The molecular weight excluding hydrogens is 326 g/mol. The summed E-state index contributed by atoms with van der Waals surface area (Å²) in [6.45, 7) is 1.28. The summed E-state index contributed by atoms with van der Waals surface area (Å²) in [6.07, 6.45) is 1.75. The maximum atomic E-state index is 12.8. The number of aryl methyl sites for hydroxylation is 1. The normalized spacial score (nSPS) is 19.1. The van der Waals surface area contributed by atoms with Crippen LogP contribution in [0.25, 0.3) is 0 Å². The van der Waals surface area contributed by atoms with E-state index in [1.165, 1.54) is 22.7 Å². The zero-order chi connectivity index (χ0) is 15.6. The molecule has 0 aliphatic carbocycles. The maximum Gasteiger partial charge on any atom is 0.303 e. The largest absolute Gasteiger partial charge is 0.377 e. The smallest absolute Gasteiger partial charge is 0.303 e. The molecular formula is C12H17N5O3S2. The van der Waals surface area contributed by atoms with Gasteiger partial charge in [-0.3, -0.25) is 0 Å². The minimum absolute atomic E-state index is 0.0774. The predicted molar refractivity (Wildman–Crippen MR) is 79.7 cm³/mol. The van der Waals surface area contributed by atoms with Gasteiger partial charge in [-0.2, -0.15) is 9.10 Å². The Morgan fingerprint density at radius 2 is 2.41 bits per heavy atom. The first-order valence-corrected chi connectivity index (χ1v) is 9.26. The molecule has 0 saturated carbocycles. The van der Waals surface area contributed by atoms with Crippen molar-refractivity contribution in [2.75, 3.05) is 13.2 Å². The molecule has 3 rings (SSSR count). The van der Waals surface area contributed by atoms with E-state index in [2.05, 4.69) is 15.4 Å². The molecule has 2 aromatic rings. The highest BCUT2D eigenvalue weighted by atomic mass is 32.2. The number of ether oxygens (including phenoxy) is 1. The fourth-order valence-electron chi connectivity index (χ4n) is 2.32. The molecule has 22 heavy (non-hydrogen) atoms. The number of hydrogen-bond acceptors (Lipinski definition) is 7. The third-order valence-corrected chi connectivity index (χ3v) is 5.85. The molecule has 120 valence electrons. The number of tetrazole rings is 1. The van der Waals surface area contributed by atoms with Gasteiger partial charge in [0.25, 0.3) is 10.0 Å². The summed E-state index contributed by atoms with van der Waals surface area (Å²) in [5.74, 6) is 0. The SMILES string of the molecule is Cn1nnc(S(=O)(=O)N(Cc2cccs2)CC2CCCO2)n1. The van der Waals surface area contributed by atoms with Crippen LogP contribution in [0.15, 0.2) is 22.7 Å². The second-order valence-electron chi connectivity index (χ2n) is 5.07. The molecule has 0 radical (unpaired) electrons. The van der Waals surface area contributed by atoms with E-state index < -0.39 is 10.0 Å². The van der Waals surface area contributed by atoms with Crippen molar-refractivity contribution in [1.29, 1.82) is 0 Å². The van der Waals surface area contributed by atoms with Crippen LogP contribution in [0.4, 0.5) is 0 Å². The molecule has 1 fully saturated rings. The van der Waals surface area contributed by atoms with E-state index in [-0.39, 0.29) is 17.8 Å². The van der Waals surface area contributed by atoms with Crippen LogP contribution in [0.1, 0.15) is 17.7 Å². The van der Waals surface area contributed by atoms with Gasteiger partial charge in [-0.15, -0.1) is 16.4 Å². The summed E-state index contributed by atoms with van der Waals surface area (Å²) in [5.41, 5.74) is 0. The number of hydrogen-bond donors (Lipinski definition) is 0. The summed E-state index contributed by atoms with van der Waals surface area (Å²) < 4.78 is 32.5. The van der Waals surface area contributed by atoms with E-state index in [9.17, 15) is 8.42 Å². The first kappa shape index (κ1) is 15.5. The Hall–Kier alpha value is -1.36. The molecule has 1 aliphatic rings. The van der Waals surface area contributed by atoms with Crippen molar-refractivity contribution in [2.45, 2.75) is 30.6 Å². The number of sulfonamides is 1. The lowest BCUT2D eigenvalue weighted by Gasteiger charge is -2.22. The van der Waals surface area contributed by atoms with Crippen LogP contribution in [-0.4, -0.2) is 52.2 Å². The predicted octanol–water partition coefficient (Wildman–Crippen LogP) is 0.641. The van der Waals surface area contributed by atoms with Gasteiger partial charge in [0, 0.05) is 24.6 Å². The lowest BCUT2D eigenvalue weighted by molar-refractivity contribution is 0.0926. The summed E-state index contributed by atoms with van der Waals surface area (Å²) in [6, 6.07) is 3.81. The topological polar surface area (TPSA) is 90.2 Å². The molecule has 3 heterocycles. The molecule has 0 aromatic carbocycles. The van der Waals surface area contributed by atoms with Gasteiger partial charge >= 0.3 is 5.16 Å². The molecule has 2 aromatic heterocycles. The molecule has 0 amide bonds. The first-order chi connectivity index (χ1) is 10.6. The standard InChI is InChI=1S/C12H17N5O3S2/c1-16-14-12(13-15-16)22(18,19)17(8-10-4-2-6-20-10)9-11-5-3-7-21-11/h3,5,7,10H,2,4,6,8-9H2,1H3. The highest BCUT2D eigenvalue weighted by molar-refractivity contribution is 7.88. The van der Waals surface area contributed by atoms with Crippen molar-refractivity contribution >= 4 is 21.4 Å². The van der Waals surface area contributed by atoms with E-state index in [1.54, 1.807) is 0 Å². The number of aromatic nitrogens is 4. The Balaban J connectivity index is 1.85. The number of rotatable bonds is 6. The van der Waals surface area contributed by atoms with Crippen LogP contribution in [-0.2, 0) is 28.4 Å². The Kier molecular flexibility index (Phi) is 4.52. The quantitative estimate of drug-likeness (QED) is 0.765. The van der Waals surface area contributed by atoms with E-state index in [0.29, 0.717) is 13.2 Å². The maximum absolute atomic E-state index is 12.8. The summed E-state index contributed by atoms with van der Waals surface area (Å²) in [4.78, 5) is 2.10. The fraction of sp³-hybridized carbons (Fsp3) is 0.583. The van der Waals surface area contributed by atoms with Gasteiger partial charge in [0.2, 0.25) is 0 Å². The van der Waals surface area contributed by atoms with Gasteiger partial charge in [0.1, 0.15) is 0 Å². The molecule has 1 saturated heterocycles. The summed E-state index contributed by atoms with van der Waals surface area (Å²) in [5, 5.41) is 12.7. The van der Waals surface area contributed by atoms with Crippen LogP contribution in [0.5, 0.6) is 0 Å². The zero-order valence-corrected chi connectivity index (χ0v) is 13.8. The van der Waals surface area contributed by atoms with Crippen LogP contribution in [0, 0.1) is 0 Å². The lowest BCUT2D eigenvalue weighted by Crippen LogP contribution is -2.37. The fourth-order valence-corrected chi connectivity index (χ4v) is 4.39. The van der Waals surface area contributed by atoms with Crippen molar-refractivity contribution in [3.63, 3.8) is 0 Å². The molecule has 0 bridgehead atoms. The van der Waals surface area contributed by atoms with Gasteiger partial charge < -0.3 is 4.74 Å². The van der Waals surface area contributed by atoms with Crippen LogP contribution < -0.4 is 0 Å². The zero-order valence-electron chi connectivity index (χ0n) is 12.1. The van der Waals surface area contributed by atoms with Crippen molar-refractivity contribution in [3.8, 4) is 0 Å². The molecule has 0 N–H and O–H groups in total. The summed E-state index contributed by atoms with van der Waals surface area (Å²) in [7, 11) is -2.25. The van der Waals surface area contributed by atoms with Crippen molar-refractivity contribution in [2.24, 2.45) is 7.05 Å². The first-order valence-electron chi connectivity index (χ1n) is 6.94. The Morgan fingerprint density at radius 1 is 1.55 bits per heavy atom. The molecule has 1 atom stereocenters. The van der Waals surface area contributed by atoms with E-state index in [1.807, 2.05) is 17.5 Å². The highest BCUT2D eigenvalue weighted by Gasteiger charge is 2.32. The van der Waals surface area contributed by atoms with Crippen LogP contribution >= 0.6 is 11.3 Å². The molecule has 10 heteroatoms. The minimum atomic E-state index is -3.79. The van der Waals surface area contributed by atoms with E-state index in [4.69, 9.17) is 4.74 Å². The van der Waals surface area contributed by atoms with Gasteiger partial charge in [-0.25, -0.2) is 8.42 Å². The minimum Gasteiger partial charge on any atom is -0.377 e. The third-order valence-electron chi connectivity index (χ3n) is 3.40. The third kappa shape index (κ3) is 3.35. The second kappa shape index (κ2) is 6.41.